The average molecular weight is 474 g/mol. The van der Waals surface area contributed by atoms with Gasteiger partial charge in [-0.3, -0.25) is 9.59 Å². The van der Waals surface area contributed by atoms with Crippen molar-refractivity contribution in [1.29, 1.82) is 0 Å². The number of nitrogens with zero attached hydrogens (tertiary/aromatic N) is 3. The third-order valence-corrected chi connectivity index (χ3v) is 6.89. The van der Waals surface area contributed by atoms with Gasteiger partial charge in [0, 0.05) is 36.8 Å². The summed E-state index contributed by atoms with van der Waals surface area (Å²) in [5.41, 5.74) is 1.18. The molecular formula is C26H33ClFN3O2. The molecular weight excluding hydrogens is 441 g/mol. The van der Waals surface area contributed by atoms with Crippen LogP contribution in [0.4, 0.5) is 10.1 Å². The summed E-state index contributed by atoms with van der Waals surface area (Å²) in [5, 5.41) is 0. The minimum Gasteiger partial charge on any atom is -0.339 e. The normalized spacial score (nSPS) is 18.1. The summed E-state index contributed by atoms with van der Waals surface area (Å²) in [4.78, 5) is 32.5. The Labute approximate surface area is 202 Å². The number of rotatable bonds is 7. The van der Waals surface area contributed by atoms with E-state index in [0.717, 1.165) is 44.6 Å². The van der Waals surface area contributed by atoms with Crippen LogP contribution >= 0.6 is 12.4 Å². The van der Waals surface area contributed by atoms with E-state index in [1.807, 2.05) is 23.1 Å². The quantitative estimate of drug-likeness (QED) is 0.544. The van der Waals surface area contributed by atoms with Crippen LogP contribution in [0.1, 0.15) is 49.9 Å². The molecule has 0 aliphatic carbocycles. The van der Waals surface area contributed by atoms with Crippen molar-refractivity contribution in [2.24, 2.45) is 0 Å². The van der Waals surface area contributed by atoms with Crippen LogP contribution in [0.5, 0.6) is 0 Å². The Bertz CT molecular complexity index is 944. The number of hydrogen-bond donors (Lipinski definition) is 0. The first-order valence-corrected chi connectivity index (χ1v) is 11.6. The third kappa shape index (κ3) is 5.22. The first kappa shape index (κ1) is 25.2. The number of Topliss-reactive ketones (excluding diaryl/α,β-unsaturated/α-hetero) is 1. The third-order valence-electron chi connectivity index (χ3n) is 6.89. The largest absolute Gasteiger partial charge is 0.339 e. The van der Waals surface area contributed by atoms with Crippen molar-refractivity contribution < 1.29 is 14.0 Å². The molecule has 1 amide bonds. The van der Waals surface area contributed by atoms with E-state index in [9.17, 15) is 14.0 Å². The second-order valence-corrected chi connectivity index (χ2v) is 9.18. The van der Waals surface area contributed by atoms with E-state index >= 15 is 0 Å². The number of carbonyl (C=O) groups is 2. The zero-order valence-corrected chi connectivity index (χ0v) is 20.2. The highest BCUT2D eigenvalue weighted by atomic mass is 35.5. The fourth-order valence-corrected chi connectivity index (χ4v) is 4.94. The van der Waals surface area contributed by atoms with E-state index in [2.05, 4.69) is 35.8 Å². The van der Waals surface area contributed by atoms with Gasteiger partial charge < -0.3 is 14.7 Å². The molecule has 2 aliphatic rings. The van der Waals surface area contributed by atoms with E-state index in [4.69, 9.17) is 0 Å². The molecule has 2 fully saturated rings. The van der Waals surface area contributed by atoms with E-state index in [0.29, 0.717) is 18.7 Å². The number of anilines is 1. The van der Waals surface area contributed by atoms with E-state index in [1.54, 1.807) is 12.1 Å². The fraction of sp³-hybridized carbons (Fsp3) is 0.462. The maximum Gasteiger partial charge on any atom is 0.250 e. The Balaban J connectivity index is 0.00000306. The summed E-state index contributed by atoms with van der Waals surface area (Å²) in [6, 6.07) is 16.2. The number of hydrogen-bond acceptors (Lipinski definition) is 4. The Hall–Kier alpha value is -2.44. The second kappa shape index (κ2) is 10.7. The summed E-state index contributed by atoms with van der Waals surface area (Å²) in [6.45, 7) is 7.29. The summed E-state index contributed by atoms with van der Waals surface area (Å²) in [6.07, 6.45) is 2.78. The minimum absolute atomic E-state index is 0. The SMILES string of the molecule is CC(C)N1CN(c2ccccc2)C2(CCN(CCCC(=O)c3ccc(F)cc3)CC2)C1=O.Cl. The number of piperidine rings is 1. The lowest BCUT2D eigenvalue weighted by atomic mass is 9.85. The van der Waals surface area contributed by atoms with Gasteiger partial charge in [-0.25, -0.2) is 4.39 Å². The Morgan fingerprint density at radius 1 is 1.03 bits per heavy atom. The molecule has 2 aromatic rings. The smallest absolute Gasteiger partial charge is 0.250 e. The number of halogens is 2. The molecule has 0 radical (unpaired) electrons. The second-order valence-electron chi connectivity index (χ2n) is 9.18. The van der Waals surface area contributed by atoms with Crippen LogP contribution in [0.25, 0.3) is 0 Å². The van der Waals surface area contributed by atoms with Crippen LogP contribution in [0, 0.1) is 5.82 Å². The lowest BCUT2D eigenvalue weighted by Crippen LogP contribution is -2.56. The molecule has 0 atom stereocenters. The molecule has 2 aromatic carbocycles. The van der Waals surface area contributed by atoms with E-state index in [1.165, 1.54) is 12.1 Å². The maximum atomic E-state index is 13.5. The number of carbonyl (C=O) groups excluding carboxylic acids is 2. The highest BCUT2D eigenvalue weighted by Crippen LogP contribution is 2.40. The van der Waals surface area contributed by atoms with Gasteiger partial charge in [0.1, 0.15) is 11.4 Å². The molecule has 0 unspecified atom stereocenters. The highest BCUT2D eigenvalue weighted by molar-refractivity contribution is 5.96. The molecule has 2 aliphatic heterocycles. The van der Waals surface area contributed by atoms with Crippen molar-refractivity contribution in [2.45, 2.75) is 51.1 Å². The van der Waals surface area contributed by atoms with Crippen LogP contribution in [0.3, 0.4) is 0 Å². The number of likely N-dealkylation sites (tertiary alicyclic amines) is 1. The Morgan fingerprint density at radius 2 is 1.67 bits per heavy atom. The predicted molar refractivity (Wildman–Crippen MR) is 131 cm³/mol. The molecule has 0 bridgehead atoms. The fourth-order valence-electron chi connectivity index (χ4n) is 4.94. The van der Waals surface area contributed by atoms with Crippen molar-refractivity contribution in [3.8, 4) is 0 Å². The molecule has 178 valence electrons. The molecule has 2 heterocycles. The van der Waals surface area contributed by atoms with Crippen molar-refractivity contribution in [3.05, 3.63) is 66.0 Å². The van der Waals surface area contributed by atoms with Crippen molar-refractivity contribution in [3.63, 3.8) is 0 Å². The maximum absolute atomic E-state index is 13.5. The van der Waals surface area contributed by atoms with Gasteiger partial charge in [-0.15, -0.1) is 12.4 Å². The Morgan fingerprint density at radius 3 is 2.27 bits per heavy atom. The van der Waals surface area contributed by atoms with Gasteiger partial charge in [0.15, 0.2) is 5.78 Å². The number of benzene rings is 2. The van der Waals surface area contributed by atoms with E-state index < -0.39 is 5.54 Å². The summed E-state index contributed by atoms with van der Waals surface area (Å²) in [5.74, 6) is -0.0411. The first-order valence-electron chi connectivity index (χ1n) is 11.6. The van der Waals surface area contributed by atoms with Crippen molar-refractivity contribution >= 4 is 29.8 Å². The van der Waals surface area contributed by atoms with E-state index in [-0.39, 0.29) is 36.0 Å². The molecule has 0 aromatic heterocycles. The van der Waals surface area contributed by atoms with Crippen molar-refractivity contribution in [2.75, 3.05) is 31.2 Å². The van der Waals surface area contributed by atoms with Crippen molar-refractivity contribution in [1.82, 2.24) is 9.80 Å². The van der Waals surface area contributed by atoms with Gasteiger partial charge in [0.25, 0.3) is 0 Å². The summed E-state index contributed by atoms with van der Waals surface area (Å²) in [7, 11) is 0. The molecule has 0 N–H and O–H groups in total. The van der Waals surface area contributed by atoms with Gasteiger partial charge in [-0.2, -0.15) is 0 Å². The summed E-state index contributed by atoms with van der Waals surface area (Å²) < 4.78 is 13.1. The molecule has 4 rings (SSSR count). The highest BCUT2D eigenvalue weighted by Gasteiger charge is 2.54. The standard InChI is InChI=1S/C26H32FN3O2.ClH/c1-20(2)29-19-30(23-7-4-3-5-8-23)26(25(29)32)14-17-28(18-15-26)16-6-9-24(31)21-10-12-22(27)13-11-21;/h3-5,7-8,10-13,20H,6,9,14-19H2,1-2H3;1H. The zero-order valence-electron chi connectivity index (χ0n) is 19.4. The van der Waals surface area contributed by atoms with Gasteiger partial charge in [0.2, 0.25) is 5.91 Å². The van der Waals surface area contributed by atoms with Gasteiger partial charge >= 0.3 is 0 Å². The average Bonchev–Trinajstić information content (AvgIpc) is 3.08. The van der Waals surface area contributed by atoms with Crippen LogP contribution in [-0.4, -0.2) is 59.4 Å². The van der Waals surface area contributed by atoms with Gasteiger partial charge in [-0.1, -0.05) is 18.2 Å². The summed E-state index contributed by atoms with van der Waals surface area (Å²) >= 11 is 0. The lowest BCUT2D eigenvalue weighted by Gasteiger charge is -2.43. The molecule has 7 heteroatoms. The van der Waals surface area contributed by atoms with Crippen LogP contribution < -0.4 is 4.90 Å². The van der Waals surface area contributed by atoms with Gasteiger partial charge in [0.05, 0.1) is 6.67 Å². The molecule has 5 nitrogen and oxygen atoms in total. The van der Waals surface area contributed by atoms with Crippen LogP contribution in [-0.2, 0) is 4.79 Å². The lowest BCUT2D eigenvalue weighted by molar-refractivity contribution is -0.135. The first-order chi connectivity index (χ1) is 15.4. The topological polar surface area (TPSA) is 43.9 Å². The number of ketones is 1. The Kier molecular flexibility index (Phi) is 8.14. The number of para-hydroxylation sites is 1. The van der Waals surface area contributed by atoms with Crippen LogP contribution in [0.15, 0.2) is 54.6 Å². The van der Waals surface area contributed by atoms with Gasteiger partial charge in [-0.05, 0) is 76.1 Å². The molecule has 2 saturated heterocycles. The minimum atomic E-state index is -0.480. The zero-order chi connectivity index (χ0) is 22.7. The van der Waals surface area contributed by atoms with Crippen LogP contribution in [0.2, 0.25) is 0 Å². The number of amides is 1. The molecule has 1 spiro atoms. The monoisotopic (exact) mass is 473 g/mol. The molecule has 0 saturated carbocycles. The predicted octanol–water partition coefficient (Wildman–Crippen LogP) is 4.76. The molecule has 33 heavy (non-hydrogen) atoms.